The third-order valence-electron chi connectivity index (χ3n) is 2.50. The molecule has 2 rings (SSSR count). The van der Waals surface area contributed by atoms with Gasteiger partial charge in [-0.05, 0) is 12.1 Å². The molecule has 0 fully saturated rings. The van der Waals surface area contributed by atoms with Crippen LogP contribution in [0.2, 0.25) is 10.0 Å². The molecule has 0 atom stereocenters. The quantitative estimate of drug-likeness (QED) is 0.630. The van der Waals surface area contributed by atoms with E-state index in [4.69, 9.17) is 28.0 Å². The van der Waals surface area contributed by atoms with Crippen molar-refractivity contribution in [2.24, 2.45) is 5.16 Å². The maximum atomic E-state index is 6.00. The summed E-state index contributed by atoms with van der Waals surface area (Å²) in [5.74, 6) is 0. The predicted molar refractivity (Wildman–Crippen MR) is 74.6 cm³/mol. The summed E-state index contributed by atoms with van der Waals surface area (Å²) in [5.41, 5.74) is 1.65. The van der Waals surface area contributed by atoms with Crippen LogP contribution in [0.25, 0.3) is 0 Å². The van der Waals surface area contributed by atoms with Gasteiger partial charge in [-0.25, -0.2) is 4.98 Å². The van der Waals surface area contributed by atoms with Crippen LogP contribution in [-0.2, 0) is 11.4 Å². The number of aromatic nitrogens is 3. The van der Waals surface area contributed by atoms with E-state index in [9.17, 15) is 0 Å². The van der Waals surface area contributed by atoms with Crippen molar-refractivity contribution in [2.75, 3.05) is 7.11 Å². The van der Waals surface area contributed by atoms with Crippen LogP contribution >= 0.6 is 23.2 Å². The number of aryl methyl sites for hydroxylation is 1. The molecule has 0 unspecified atom stereocenters. The molecule has 100 valence electrons. The van der Waals surface area contributed by atoms with Gasteiger partial charge in [-0.15, -0.1) is 0 Å². The van der Waals surface area contributed by atoms with Gasteiger partial charge in [0.15, 0.2) is 0 Å². The average Bonchev–Trinajstić information content (AvgIpc) is 2.91. The Morgan fingerprint density at radius 1 is 1.37 bits per heavy atom. The Morgan fingerprint density at radius 2 is 2.21 bits per heavy atom. The first-order valence-corrected chi connectivity index (χ1v) is 6.34. The molecule has 0 saturated heterocycles. The number of rotatable bonds is 5. The first-order valence-electron chi connectivity index (χ1n) is 5.58. The van der Waals surface area contributed by atoms with E-state index < -0.39 is 0 Å². The Bertz CT molecular complexity index is 569. The minimum atomic E-state index is 0.490. The van der Waals surface area contributed by atoms with E-state index in [0.29, 0.717) is 23.0 Å². The number of nitrogens with zero attached hydrogens (tertiary/aromatic N) is 4. The third kappa shape index (κ3) is 3.68. The van der Waals surface area contributed by atoms with Gasteiger partial charge in [0.1, 0.15) is 19.8 Å². The first kappa shape index (κ1) is 13.8. The normalized spacial score (nSPS) is 11.6. The highest BCUT2D eigenvalue weighted by Gasteiger charge is 2.08. The second kappa shape index (κ2) is 6.54. The van der Waals surface area contributed by atoms with Crippen LogP contribution in [0.4, 0.5) is 0 Å². The van der Waals surface area contributed by atoms with Crippen molar-refractivity contribution >= 4 is 28.9 Å². The van der Waals surface area contributed by atoms with E-state index in [-0.39, 0.29) is 0 Å². The monoisotopic (exact) mass is 298 g/mol. The van der Waals surface area contributed by atoms with Crippen molar-refractivity contribution in [1.29, 1.82) is 0 Å². The predicted octanol–water partition coefficient (Wildman–Crippen LogP) is 3.03. The van der Waals surface area contributed by atoms with Crippen molar-refractivity contribution in [1.82, 2.24) is 14.8 Å². The highest BCUT2D eigenvalue weighted by atomic mass is 35.5. The molecule has 5 nitrogen and oxygen atoms in total. The molecular formula is C12H12Cl2N4O. The lowest BCUT2D eigenvalue weighted by molar-refractivity contribution is 0.212. The lowest BCUT2D eigenvalue weighted by Crippen LogP contribution is -2.08. The van der Waals surface area contributed by atoms with Crippen molar-refractivity contribution in [3.05, 3.63) is 46.5 Å². The number of benzene rings is 1. The van der Waals surface area contributed by atoms with Crippen LogP contribution in [0.1, 0.15) is 12.0 Å². The minimum absolute atomic E-state index is 0.490. The Labute approximate surface area is 120 Å². The van der Waals surface area contributed by atoms with Gasteiger partial charge in [-0.2, -0.15) is 5.10 Å². The second-order valence-corrected chi connectivity index (χ2v) is 4.57. The van der Waals surface area contributed by atoms with Crippen LogP contribution in [-0.4, -0.2) is 27.6 Å². The smallest absolute Gasteiger partial charge is 0.137 e. The largest absolute Gasteiger partial charge is 0.399 e. The number of oxime groups is 1. The average molecular weight is 299 g/mol. The number of halogens is 2. The molecule has 0 radical (unpaired) electrons. The fraction of sp³-hybridized carbons (Fsp3) is 0.250. The molecule has 0 aliphatic rings. The van der Waals surface area contributed by atoms with Gasteiger partial charge >= 0.3 is 0 Å². The van der Waals surface area contributed by atoms with Crippen LogP contribution in [0, 0.1) is 0 Å². The number of hydrogen-bond donors (Lipinski definition) is 0. The fourth-order valence-electron chi connectivity index (χ4n) is 1.60. The third-order valence-corrected chi connectivity index (χ3v) is 3.24. The summed E-state index contributed by atoms with van der Waals surface area (Å²) in [7, 11) is 1.51. The standard InChI is InChI=1S/C12H12Cl2N4O/c1-19-17-12(4-5-18-8-15-7-16-18)9-2-3-10(13)11(14)6-9/h2-3,6-8H,4-5H2,1H3/b17-12+. The van der Waals surface area contributed by atoms with Gasteiger partial charge in [-0.3, -0.25) is 4.68 Å². The number of hydrogen-bond acceptors (Lipinski definition) is 4. The van der Waals surface area contributed by atoms with Crippen LogP contribution < -0.4 is 0 Å². The molecule has 0 aliphatic heterocycles. The van der Waals surface area contributed by atoms with Crippen molar-refractivity contribution < 1.29 is 4.84 Å². The molecule has 19 heavy (non-hydrogen) atoms. The molecular weight excluding hydrogens is 287 g/mol. The Balaban J connectivity index is 2.15. The molecule has 0 amide bonds. The molecule has 1 aromatic heterocycles. The zero-order valence-electron chi connectivity index (χ0n) is 10.3. The molecule has 1 heterocycles. The highest BCUT2D eigenvalue weighted by molar-refractivity contribution is 6.42. The van der Waals surface area contributed by atoms with Crippen LogP contribution in [0.3, 0.4) is 0 Å². The van der Waals surface area contributed by atoms with Crippen LogP contribution in [0.5, 0.6) is 0 Å². The molecule has 0 saturated carbocycles. The van der Waals surface area contributed by atoms with Gasteiger partial charge in [-0.1, -0.05) is 34.4 Å². The van der Waals surface area contributed by atoms with Crippen LogP contribution in [0.15, 0.2) is 36.0 Å². The summed E-state index contributed by atoms with van der Waals surface area (Å²) in [4.78, 5) is 8.75. The summed E-state index contributed by atoms with van der Waals surface area (Å²) >= 11 is 11.9. The second-order valence-electron chi connectivity index (χ2n) is 3.76. The lowest BCUT2D eigenvalue weighted by Gasteiger charge is -2.07. The van der Waals surface area contributed by atoms with E-state index in [1.165, 1.54) is 13.4 Å². The summed E-state index contributed by atoms with van der Waals surface area (Å²) in [5, 5.41) is 9.06. The van der Waals surface area contributed by atoms with Crippen molar-refractivity contribution in [2.45, 2.75) is 13.0 Å². The van der Waals surface area contributed by atoms with Crippen molar-refractivity contribution in [3.63, 3.8) is 0 Å². The Hall–Kier alpha value is -1.59. The van der Waals surface area contributed by atoms with Crippen molar-refractivity contribution in [3.8, 4) is 0 Å². The lowest BCUT2D eigenvalue weighted by atomic mass is 10.1. The zero-order valence-corrected chi connectivity index (χ0v) is 11.8. The van der Waals surface area contributed by atoms with Gasteiger partial charge in [0.05, 0.1) is 15.8 Å². The summed E-state index contributed by atoms with van der Waals surface area (Å²) in [6, 6.07) is 5.36. The maximum absolute atomic E-state index is 6.00. The van der Waals surface area contributed by atoms with E-state index in [2.05, 4.69) is 15.2 Å². The zero-order chi connectivity index (χ0) is 13.7. The van der Waals surface area contributed by atoms with Gasteiger partial charge in [0.2, 0.25) is 0 Å². The molecule has 7 heteroatoms. The highest BCUT2D eigenvalue weighted by Crippen LogP contribution is 2.23. The minimum Gasteiger partial charge on any atom is -0.399 e. The van der Waals surface area contributed by atoms with Gasteiger partial charge in [0, 0.05) is 18.5 Å². The van der Waals surface area contributed by atoms with E-state index in [0.717, 1.165) is 11.3 Å². The summed E-state index contributed by atoms with van der Waals surface area (Å²) in [6.07, 6.45) is 3.79. The van der Waals surface area contributed by atoms with E-state index in [1.807, 2.05) is 6.07 Å². The first-order chi connectivity index (χ1) is 9.20. The summed E-state index contributed by atoms with van der Waals surface area (Å²) < 4.78 is 1.72. The van der Waals surface area contributed by atoms with Gasteiger partial charge in [0.25, 0.3) is 0 Å². The van der Waals surface area contributed by atoms with Gasteiger partial charge < -0.3 is 4.84 Å². The summed E-state index contributed by atoms with van der Waals surface area (Å²) in [6.45, 7) is 0.655. The maximum Gasteiger partial charge on any atom is 0.137 e. The Kier molecular flexibility index (Phi) is 4.76. The van der Waals surface area contributed by atoms with E-state index >= 15 is 0 Å². The SMILES string of the molecule is CO/N=C(\CCn1cncn1)c1ccc(Cl)c(Cl)c1. The molecule has 1 aromatic carbocycles. The topological polar surface area (TPSA) is 52.3 Å². The molecule has 0 aliphatic carbocycles. The fourth-order valence-corrected chi connectivity index (χ4v) is 1.90. The molecule has 2 aromatic rings. The molecule has 0 N–H and O–H groups in total. The molecule has 0 bridgehead atoms. The Morgan fingerprint density at radius 3 is 2.84 bits per heavy atom. The molecule has 0 spiro atoms. The van der Waals surface area contributed by atoms with E-state index in [1.54, 1.807) is 23.1 Å².